The lowest BCUT2D eigenvalue weighted by atomic mass is 10.2. The first-order valence-electron chi connectivity index (χ1n) is 5.23. The molecule has 94 valence electrons. The number of ether oxygens (including phenoxy) is 1. The van der Waals surface area contributed by atoms with Gasteiger partial charge in [-0.1, -0.05) is 0 Å². The van der Waals surface area contributed by atoms with E-state index in [1.165, 1.54) is 25.6 Å². The van der Waals surface area contributed by atoms with Crippen LogP contribution in [-0.2, 0) is 4.74 Å². The second kappa shape index (κ2) is 6.82. The molecule has 1 rings (SSSR count). The van der Waals surface area contributed by atoms with Gasteiger partial charge in [-0.25, -0.2) is 4.79 Å². The summed E-state index contributed by atoms with van der Waals surface area (Å²) in [7, 11) is 1.51. The van der Waals surface area contributed by atoms with Crippen molar-refractivity contribution in [3.8, 4) is 0 Å². The van der Waals surface area contributed by atoms with Crippen LogP contribution in [0.4, 0.5) is 5.69 Å². The number of aliphatic hydroxyl groups is 1. The average molecular weight is 240 g/mol. The van der Waals surface area contributed by atoms with Gasteiger partial charge in [0.15, 0.2) is 0 Å². The summed E-state index contributed by atoms with van der Waals surface area (Å²) < 4.78 is 4.78. The largest absolute Gasteiger partial charge is 0.478 e. The molecule has 1 heterocycles. The fraction of sp³-hybridized carbons (Fsp3) is 0.455. The quantitative estimate of drug-likeness (QED) is 0.646. The molecule has 1 unspecified atom stereocenters. The topological polar surface area (TPSA) is 91.7 Å². The van der Waals surface area contributed by atoms with Crippen LogP contribution in [-0.4, -0.2) is 47.5 Å². The summed E-state index contributed by atoms with van der Waals surface area (Å²) in [6.07, 6.45) is 2.79. The predicted octanol–water partition coefficient (Wildman–Crippen LogP) is 0.589. The van der Waals surface area contributed by atoms with Crippen LogP contribution < -0.4 is 5.32 Å². The third-order valence-corrected chi connectivity index (χ3v) is 2.20. The van der Waals surface area contributed by atoms with Crippen LogP contribution in [0.3, 0.4) is 0 Å². The highest BCUT2D eigenvalue weighted by Gasteiger charge is 2.09. The number of anilines is 1. The van der Waals surface area contributed by atoms with Gasteiger partial charge < -0.3 is 20.3 Å². The summed E-state index contributed by atoms with van der Waals surface area (Å²) in [4.78, 5) is 14.7. The Kier molecular flexibility index (Phi) is 5.38. The maximum atomic E-state index is 10.9. The maximum absolute atomic E-state index is 10.9. The van der Waals surface area contributed by atoms with Gasteiger partial charge in [-0.3, -0.25) is 4.98 Å². The molecule has 0 spiro atoms. The Morgan fingerprint density at radius 3 is 3.06 bits per heavy atom. The van der Waals surface area contributed by atoms with E-state index in [0.717, 1.165) is 0 Å². The number of carbonyl (C=O) groups is 1. The summed E-state index contributed by atoms with van der Waals surface area (Å²) in [5, 5.41) is 21.3. The molecule has 0 radical (unpaired) electrons. The van der Waals surface area contributed by atoms with Crippen LogP contribution in [0.2, 0.25) is 0 Å². The summed E-state index contributed by atoms with van der Waals surface area (Å²) in [5.41, 5.74) is 0.617. The van der Waals surface area contributed by atoms with E-state index in [0.29, 0.717) is 18.7 Å². The number of aromatic carboxylic acids is 1. The minimum absolute atomic E-state index is 0.168. The number of methoxy groups -OCH3 is 1. The number of nitrogens with zero attached hydrogens (tertiary/aromatic N) is 1. The molecule has 1 atom stereocenters. The van der Waals surface area contributed by atoms with Crippen LogP contribution in [0.15, 0.2) is 18.5 Å². The van der Waals surface area contributed by atoms with Gasteiger partial charge >= 0.3 is 5.97 Å². The molecule has 0 aliphatic rings. The van der Waals surface area contributed by atoms with Gasteiger partial charge in [-0.2, -0.15) is 0 Å². The van der Waals surface area contributed by atoms with Crippen LogP contribution in [0.25, 0.3) is 0 Å². The van der Waals surface area contributed by atoms with Crippen LogP contribution in [0.1, 0.15) is 16.8 Å². The lowest BCUT2D eigenvalue weighted by Crippen LogP contribution is -2.19. The number of nitrogens with one attached hydrogen (secondary N) is 1. The molecule has 0 saturated carbocycles. The monoisotopic (exact) mass is 240 g/mol. The van der Waals surface area contributed by atoms with Crippen molar-refractivity contribution in [2.45, 2.75) is 12.5 Å². The Labute approximate surface area is 99.3 Å². The van der Waals surface area contributed by atoms with Gasteiger partial charge in [0.2, 0.25) is 0 Å². The van der Waals surface area contributed by atoms with Gasteiger partial charge in [0.05, 0.1) is 30.2 Å². The number of aliphatic hydroxyl groups excluding tert-OH is 1. The normalized spacial score (nSPS) is 12.1. The molecule has 1 aromatic rings. The van der Waals surface area contributed by atoms with E-state index in [4.69, 9.17) is 9.84 Å². The minimum atomic E-state index is -1.01. The highest BCUT2D eigenvalue weighted by Crippen LogP contribution is 2.13. The Balaban J connectivity index is 2.49. The fourth-order valence-electron chi connectivity index (χ4n) is 1.37. The smallest absolute Gasteiger partial charge is 0.337 e. The number of carboxylic acid groups (broad SMARTS) is 1. The van der Waals surface area contributed by atoms with Crippen molar-refractivity contribution < 1.29 is 19.7 Å². The van der Waals surface area contributed by atoms with E-state index >= 15 is 0 Å². The van der Waals surface area contributed by atoms with E-state index in [1.807, 2.05) is 0 Å². The standard InChI is InChI=1S/C11H16N2O4/c1-17-7-8(14)2-5-13-10-6-12-4-3-9(10)11(15)16/h3-4,6,8,13-14H,2,5,7H2,1H3,(H,15,16). The van der Waals surface area contributed by atoms with Crippen molar-refractivity contribution in [3.05, 3.63) is 24.0 Å². The van der Waals surface area contributed by atoms with E-state index in [1.54, 1.807) is 0 Å². The lowest BCUT2D eigenvalue weighted by molar-refractivity contribution is 0.0615. The molecule has 1 aromatic heterocycles. The molecule has 6 heteroatoms. The Hall–Kier alpha value is -1.66. The minimum Gasteiger partial charge on any atom is -0.478 e. The average Bonchev–Trinajstić information content (AvgIpc) is 2.30. The summed E-state index contributed by atoms with van der Waals surface area (Å²) in [6, 6.07) is 1.43. The van der Waals surface area contributed by atoms with Gasteiger partial charge in [0.25, 0.3) is 0 Å². The Bertz CT molecular complexity index is 370. The second-order valence-electron chi connectivity index (χ2n) is 3.55. The molecule has 3 N–H and O–H groups in total. The molecule has 6 nitrogen and oxygen atoms in total. The Morgan fingerprint density at radius 2 is 2.41 bits per heavy atom. The number of rotatable bonds is 7. The van der Waals surface area contributed by atoms with Crippen LogP contribution in [0, 0.1) is 0 Å². The lowest BCUT2D eigenvalue weighted by Gasteiger charge is -2.11. The second-order valence-corrected chi connectivity index (χ2v) is 3.55. The van der Waals surface area contributed by atoms with E-state index in [-0.39, 0.29) is 12.2 Å². The van der Waals surface area contributed by atoms with Gasteiger partial charge in [-0.05, 0) is 12.5 Å². The van der Waals surface area contributed by atoms with Crippen molar-refractivity contribution in [3.63, 3.8) is 0 Å². The summed E-state index contributed by atoms with van der Waals surface area (Å²) >= 11 is 0. The molecule has 0 amide bonds. The third kappa shape index (κ3) is 4.38. The zero-order valence-electron chi connectivity index (χ0n) is 9.59. The van der Waals surface area contributed by atoms with E-state index in [2.05, 4.69) is 10.3 Å². The first kappa shape index (κ1) is 13.4. The maximum Gasteiger partial charge on any atom is 0.337 e. The SMILES string of the molecule is COCC(O)CCNc1cnccc1C(=O)O. The molecule has 0 saturated heterocycles. The summed E-state index contributed by atoms with van der Waals surface area (Å²) in [6.45, 7) is 0.719. The van der Waals surface area contributed by atoms with Gasteiger partial charge in [0.1, 0.15) is 0 Å². The molecule has 0 bridgehead atoms. The summed E-state index contributed by atoms with van der Waals surface area (Å²) in [5.74, 6) is -1.01. The number of hydrogen-bond acceptors (Lipinski definition) is 5. The highest BCUT2D eigenvalue weighted by atomic mass is 16.5. The first-order valence-corrected chi connectivity index (χ1v) is 5.23. The fourth-order valence-corrected chi connectivity index (χ4v) is 1.37. The number of pyridine rings is 1. The number of aromatic nitrogens is 1. The predicted molar refractivity (Wildman–Crippen MR) is 62.2 cm³/mol. The van der Waals surface area contributed by atoms with Gasteiger partial charge in [0, 0.05) is 19.9 Å². The molecular formula is C11H16N2O4. The van der Waals surface area contributed by atoms with E-state index < -0.39 is 12.1 Å². The molecule has 0 aliphatic carbocycles. The van der Waals surface area contributed by atoms with E-state index in [9.17, 15) is 9.90 Å². The highest BCUT2D eigenvalue weighted by molar-refractivity contribution is 5.93. The molecular weight excluding hydrogens is 224 g/mol. The zero-order valence-corrected chi connectivity index (χ0v) is 9.59. The van der Waals surface area contributed by atoms with Crippen molar-refractivity contribution in [2.24, 2.45) is 0 Å². The van der Waals surface area contributed by atoms with Gasteiger partial charge in [-0.15, -0.1) is 0 Å². The molecule has 0 fully saturated rings. The first-order chi connectivity index (χ1) is 8.15. The van der Waals surface area contributed by atoms with Crippen molar-refractivity contribution in [1.29, 1.82) is 0 Å². The number of hydrogen-bond donors (Lipinski definition) is 3. The zero-order chi connectivity index (χ0) is 12.7. The Morgan fingerprint density at radius 1 is 1.65 bits per heavy atom. The van der Waals surface area contributed by atoms with Crippen molar-refractivity contribution in [1.82, 2.24) is 4.98 Å². The van der Waals surface area contributed by atoms with Crippen LogP contribution >= 0.6 is 0 Å². The van der Waals surface area contributed by atoms with Crippen molar-refractivity contribution in [2.75, 3.05) is 25.6 Å². The molecule has 17 heavy (non-hydrogen) atoms. The molecule has 0 aliphatic heterocycles. The number of carboxylic acids is 1. The van der Waals surface area contributed by atoms with Crippen molar-refractivity contribution >= 4 is 11.7 Å². The molecule has 0 aromatic carbocycles. The third-order valence-electron chi connectivity index (χ3n) is 2.20. The van der Waals surface area contributed by atoms with Crippen LogP contribution in [0.5, 0.6) is 0 Å².